The number of hydrogen-bond donors (Lipinski definition) is 2. The maximum Gasteiger partial charge on any atom is 0.0939 e. The first-order valence-electron chi connectivity index (χ1n) is 11.0. The van der Waals surface area contributed by atoms with E-state index >= 15 is 0 Å². The number of morpholine rings is 1. The van der Waals surface area contributed by atoms with Crippen molar-refractivity contribution in [2.45, 2.75) is 13.5 Å². The van der Waals surface area contributed by atoms with Crippen LogP contribution < -0.4 is 5.32 Å². The van der Waals surface area contributed by atoms with Gasteiger partial charge in [0.2, 0.25) is 0 Å². The Morgan fingerprint density at radius 3 is 2.84 bits per heavy atom. The second-order valence-corrected chi connectivity index (χ2v) is 7.99. The molecule has 164 valence electrons. The fourth-order valence-electron chi connectivity index (χ4n) is 4.01. The molecule has 0 atom stereocenters. The Bertz CT molecular complexity index is 1200. The molecule has 2 N–H and O–H groups in total. The van der Waals surface area contributed by atoms with Gasteiger partial charge >= 0.3 is 0 Å². The average Bonchev–Trinajstić information content (AvgIpc) is 3.32. The molecule has 1 aliphatic heterocycles. The van der Waals surface area contributed by atoms with Crippen molar-refractivity contribution in [3.8, 4) is 22.6 Å². The van der Waals surface area contributed by atoms with E-state index in [1.54, 1.807) is 0 Å². The van der Waals surface area contributed by atoms with Crippen LogP contribution in [-0.2, 0) is 11.3 Å². The molecule has 8 nitrogen and oxygen atoms in total. The molecule has 8 heteroatoms. The molecule has 4 aromatic heterocycles. The van der Waals surface area contributed by atoms with Crippen molar-refractivity contribution in [1.82, 2.24) is 35.4 Å². The Labute approximate surface area is 187 Å². The number of aromatic amines is 1. The fourth-order valence-corrected chi connectivity index (χ4v) is 4.01. The Morgan fingerprint density at radius 2 is 1.97 bits per heavy atom. The van der Waals surface area contributed by atoms with Crippen LogP contribution in [0.25, 0.3) is 33.7 Å². The van der Waals surface area contributed by atoms with E-state index in [1.807, 2.05) is 55.7 Å². The summed E-state index contributed by atoms with van der Waals surface area (Å²) in [6.45, 7) is 8.35. The van der Waals surface area contributed by atoms with Crippen molar-refractivity contribution in [3.63, 3.8) is 0 Å². The minimum absolute atomic E-state index is 0.748. The topological polar surface area (TPSA) is 91.9 Å². The molecule has 0 amide bonds. The Hall–Kier alpha value is -3.20. The van der Waals surface area contributed by atoms with Crippen LogP contribution in [-0.4, -0.2) is 69.4 Å². The van der Waals surface area contributed by atoms with Gasteiger partial charge in [-0.25, -0.2) is 4.98 Å². The summed E-state index contributed by atoms with van der Waals surface area (Å²) in [6.07, 6.45) is 3.66. The number of hydrogen-bond acceptors (Lipinski definition) is 7. The van der Waals surface area contributed by atoms with Gasteiger partial charge in [-0.1, -0.05) is 6.07 Å². The van der Waals surface area contributed by atoms with Gasteiger partial charge in [0, 0.05) is 50.2 Å². The van der Waals surface area contributed by atoms with Crippen molar-refractivity contribution >= 4 is 11.0 Å². The third-order valence-corrected chi connectivity index (χ3v) is 5.75. The minimum Gasteiger partial charge on any atom is -0.379 e. The molecule has 5 rings (SSSR count). The van der Waals surface area contributed by atoms with Crippen molar-refractivity contribution in [2.75, 3.05) is 39.4 Å². The van der Waals surface area contributed by atoms with Gasteiger partial charge in [0.1, 0.15) is 0 Å². The molecule has 0 saturated carbocycles. The molecular weight excluding hydrogens is 402 g/mol. The summed E-state index contributed by atoms with van der Waals surface area (Å²) in [5.41, 5.74) is 7.41. The van der Waals surface area contributed by atoms with Gasteiger partial charge in [0.25, 0.3) is 0 Å². The van der Waals surface area contributed by atoms with E-state index in [1.165, 1.54) is 0 Å². The molecule has 0 bridgehead atoms. The summed E-state index contributed by atoms with van der Waals surface area (Å²) in [5, 5.41) is 10.9. The Morgan fingerprint density at radius 1 is 1.06 bits per heavy atom. The zero-order valence-corrected chi connectivity index (χ0v) is 18.2. The number of fused-ring (bicyclic) bond motifs is 1. The van der Waals surface area contributed by atoms with Crippen molar-refractivity contribution < 1.29 is 4.74 Å². The van der Waals surface area contributed by atoms with Gasteiger partial charge in [-0.3, -0.25) is 20.0 Å². The van der Waals surface area contributed by atoms with E-state index in [0.29, 0.717) is 0 Å². The smallest absolute Gasteiger partial charge is 0.0939 e. The molecule has 32 heavy (non-hydrogen) atoms. The highest BCUT2D eigenvalue weighted by Gasteiger charge is 2.14. The molecule has 1 aliphatic rings. The van der Waals surface area contributed by atoms with Gasteiger partial charge < -0.3 is 10.1 Å². The Kier molecular flexibility index (Phi) is 6.15. The van der Waals surface area contributed by atoms with Crippen LogP contribution in [0.2, 0.25) is 0 Å². The quantitative estimate of drug-likeness (QED) is 0.437. The molecule has 0 aliphatic carbocycles. The molecule has 5 heterocycles. The van der Waals surface area contributed by atoms with E-state index in [4.69, 9.17) is 9.72 Å². The second kappa shape index (κ2) is 9.52. The first-order valence-corrected chi connectivity index (χ1v) is 11.0. The fraction of sp³-hybridized carbons (Fsp3) is 0.333. The number of H-pyrrole nitrogens is 1. The summed E-state index contributed by atoms with van der Waals surface area (Å²) in [5.74, 6) is 0. The number of nitrogens with one attached hydrogen (secondary N) is 2. The van der Waals surface area contributed by atoms with Gasteiger partial charge in [0.05, 0.1) is 47.5 Å². The number of aromatic nitrogens is 5. The molecule has 0 unspecified atom stereocenters. The van der Waals surface area contributed by atoms with Gasteiger partial charge in [0.15, 0.2) is 0 Å². The highest BCUT2D eigenvalue weighted by Crippen LogP contribution is 2.29. The zero-order chi connectivity index (χ0) is 21.8. The number of nitrogens with zero attached hydrogens (tertiary/aromatic N) is 5. The number of pyridine rings is 3. The molecule has 0 radical (unpaired) electrons. The summed E-state index contributed by atoms with van der Waals surface area (Å²) in [6, 6.07) is 12.0. The van der Waals surface area contributed by atoms with E-state index < -0.39 is 0 Å². The lowest BCUT2D eigenvalue weighted by atomic mass is 10.1. The van der Waals surface area contributed by atoms with Crippen LogP contribution >= 0.6 is 0 Å². The van der Waals surface area contributed by atoms with Gasteiger partial charge in [-0.05, 0) is 42.8 Å². The molecule has 0 aromatic carbocycles. The SMILES string of the molecule is Cc1cccc(-c2[nH]ncc2-c2ccc3nccc(CNCCN4CCOCC4)c3n2)n1. The normalized spacial score (nSPS) is 14.8. The third-order valence-electron chi connectivity index (χ3n) is 5.75. The first kappa shape index (κ1) is 20.7. The van der Waals surface area contributed by atoms with E-state index in [-0.39, 0.29) is 0 Å². The van der Waals surface area contributed by atoms with Crippen molar-refractivity contribution in [3.05, 3.63) is 60.0 Å². The predicted molar refractivity (Wildman–Crippen MR) is 124 cm³/mol. The second-order valence-electron chi connectivity index (χ2n) is 7.99. The summed E-state index contributed by atoms with van der Waals surface area (Å²) in [4.78, 5) is 16.6. The Balaban J connectivity index is 1.37. The summed E-state index contributed by atoms with van der Waals surface area (Å²) >= 11 is 0. The van der Waals surface area contributed by atoms with Gasteiger partial charge in [-0.15, -0.1) is 0 Å². The highest BCUT2D eigenvalue weighted by atomic mass is 16.5. The monoisotopic (exact) mass is 429 g/mol. The number of aryl methyl sites for hydroxylation is 1. The average molecular weight is 430 g/mol. The minimum atomic E-state index is 0.748. The molecule has 4 aromatic rings. The summed E-state index contributed by atoms with van der Waals surface area (Å²) < 4.78 is 5.42. The van der Waals surface area contributed by atoms with E-state index in [0.717, 1.165) is 90.9 Å². The lowest BCUT2D eigenvalue weighted by Gasteiger charge is -2.26. The standard InChI is InChI=1S/C24H27N7O/c1-17-3-2-4-22(28-17)24-19(16-27-30-24)20-5-6-21-23(29-20)18(7-8-26-21)15-25-9-10-31-11-13-32-14-12-31/h2-8,16,25H,9-15H2,1H3,(H,27,30). The summed E-state index contributed by atoms with van der Waals surface area (Å²) in [7, 11) is 0. The van der Waals surface area contributed by atoms with Gasteiger partial charge in [-0.2, -0.15) is 5.10 Å². The maximum absolute atomic E-state index is 5.42. The van der Waals surface area contributed by atoms with E-state index in [2.05, 4.69) is 30.4 Å². The van der Waals surface area contributed by atoms with Crippen LogP contribution in [0.5, 0.6) is 0 Å². The van der Waals surface area contributed by atoms with Crippen molar-refractivity contribution in [2.24, 2.45) is 0 Å². The first-order chi connectivity index (χ1) is 15.8. The number of rotatable bonds is 7. The largest absolute Gasteiger partial charge is 0.379 e. The van der Waals surface area contributed by atoms with Crippen LogP contribution in [0.4, 0.5) is 0 Å². The van der Waals surface area contributed by atoms with Crippen LogP contribution in [0, 0.1) is 6.92 Å². The lowest BCUT2D eigenvalue weighted by molar-refractivity contribution is 0.0384. The van der Waals surface area contributed by atoms with E-state index in [9.17, 15) is 0 Å². The molecule has 1 saturated heterocycles. The van der Waals surface area contributed by atoms with Crippen LogP contribution in [0.3, 0.4) is 0 Å². The molecule has 0 spiro atoms. The maximum atomic E-state index is 5.42. The highest BCUT2D eigenvalue weighted by molar-refractivity contribution is 5.84. The van der Waals surface area contributed by atoms with Crippen LogP contribution in [0.15, 0.2) is 48.8 Å². The predicted octanol–water partition coefficient (Wildman–Crippen LogP) is 2.81. The van der Waals surface area contributed by atoms with Crippen molar-refractivity contribution in [1.29, 1.82) is 0 Å². The zero-order valence-electron chi connectivity index (χ0n) is 18.2. The third kappa shape index (κ3) is 4.52. The number of ether oxygens (including phenoxy) is 1. The lowest BCUT2D eigenvalue weighted by Crippen LogP contribution is -2.40. The van der Waals surface area contributed by atoms with Crippen LogP contribution in [0.1, 0.15) is 11.3 Å². The molecular formula is C24H27N7O. The molecule has 1 fully saturated rings.